The number of hydrogen-bond acceptors (Lipinski definition) is 1. The molecule has 1 aromatic carbocycles. The van der Waals surface area contributed by atoms with Gasteiger partial charge in [0.25, 0.3) is 5.91 Å². The lowest BCUT2D eigenvalue weighted by Crippen LogP contribution is -2.25. The lowest BCUT2D eigenvalue weighted by molar-refractivity contribution is 0.0948. The zero-order chi connectivity index (χ0) is 11.5. The van der Waals surface area contributed by atoms with Crippen molar-refractivity contribution < 1.29 is 9.18 Å². The van der Waals surface area contributed by atoms with Crippen LogP contribution in [0.1, 0.15) is 29.6 Å². The SMILES string of the molecule is O=C(NCCC1CC1)c1ccc(Br)cc1F. The van der Waals surface area contributed by atoms with Gasteiger partial charge in [0.15, 0.2) is 0 Å². The minimum Gasteiger partial charge on any atom is -0.352 e. The Morgan fingerprint density at radius 3 is 2.88 bits per heavy atom. The summed E-state index contributed by atoms with van der Waals surface area (Å²) in [7, 11) is 0. The van der Waals surface area contributed by atoms with E-state index in [0.717, 1.165) is 12.3 Å². The fourth-order valence-electron chi connectivity index (χ4n) is 1.57. The molecule has 2 nitrogen and oxygen atoms in total. The number of nitrogens with one attached hydrogen (secondary N) is 1. The second-order valence-electron chi connectivity index (χ2n) is 4.11. The number of amides is 1. The Hall–Kier alpha value is -0.900. The molecule has 0 radical (unpaired) electrons. The van der Waals surface area contributed by atoms with Crippen LogP contribution in [-0.2, 0) is 0 Å². The van der Waals surface area contributed by atoms with Gasteiger partial charge in [-0.15, -0.1) is 0 Å². The first-order valence-corrected chi connectivity index (χ1v) is 6.19. The van der Waals surface area contributed by atoms with Crippen LogP contribution in [0.15, 0.2) is 22.7 Å². The quantitative estimate of drug-likeness (QED) is 0.905. The number of hydrogen-bond donors (Lipinski definition) is 1. The normalized spacial score (nSPS) is 14.9. The van der Waals surface area contributed by atoms with Gasteiger partial charge in [-0.1, -0.05) is 28.8 Å². The second kappa shape index (κ2) is 4.95. The Labute approximate surface area is 102 Å². The molecule has 1 aromatic rings. The summed E-state index contributed by atoms with van der Waals surface area (Å²) in [5, 5.41) is 2.74. The van der Waals surface area contributed by atoms with Crippen molar-refractivity contribution in [3.05, 3.63) is 34.1 Å². The molecule has 1 aliphatic rings. The van der Waals surface area contributed by atoms with Gasteiger partial charge in [0.2, 0.25) is 0 Å². The molecule has 1 fully saturated rings. The molecule has 0 unspecified atom stereocenters. The van der Waals surface area contributed by atoms with Crippen molar-refractivity contribution in [2.24, 2.45) is 5.92 Å². The summed E-state index contributed by atoms with van der Waals surface area (Å²) in [4.78, 5) is 11.6. The summed E-state index contributed by atoms with van der Waals surface area (Å²) in [6, 6.07) is 4.46. The summed E-state index contributed by atoms with van der Waals surface area (Å²) in [6.45, 7) is 0.638. The molecule has 1 N–H and O–H groups in total. The van der Waals surface area contributed by atoms with E-state index in [2.05, 4.69) is 21.2 Å². The van der Waals surface area contributed by atoms with E-state index in [0.29, 0.717) is 11.0 Å². The highest BCUT2D eigenvalue weighted by molar-refractivity contribution is 9.10. The largest absolute Gasteiger partial charge is 0.352 e. The van der Waals surface area contributed by atoms with Gasteiger partial charge in [0, 0.05) is 11.0 Å². The molecule has 16 heavy (non-hydrogen) atoms. The lowest BCUT2D eigenvalue weighted by Gasteiger charge is -2.05. The van der Waals surface area contributed by atoms with Crippen LogP contribution in [-0.4, -0.2) is 12.5 Å². The Balaban J connectivity index is 1.91. The van der Waals surface area contributed by atoms with Crippen LogP contribution in [0.25, 0.3) is 0 Å². The van der Waals surface area contributed by atoms with E-state index >= 15 is 0 Å². The Bertz CT molecular complexity index is 404. The zero-order valence-electron chi connectivity index (χ0n) is 8.80. The predicted octanol–water partition coefficient (Wildman–Crippen LogP) is 3.12. The fraction of sp³-hybridized carbons (Fsp3) is 0.417. The molecule has 1 amide bonds. The standard InChI is InChI=1S/C12H13BrFNO/c13-9-3-4-10(11(14)7-9)12(16)15-6-5-8-1-2-8/h3-4,7-8H,1-2,5-6H2,(H,15,16). The number of carbonyl (C=O) groups excluding carboxylic acids is 1. The van der Waals surface area contributed by atoms with Gasteiger partial charge in [-0.25, -0.2) is 4.39 Å². The molecule has 86 valence electrons. The van der Waals surface area contributed by atoms with Crippen molar-refractivity contribution in [3.63, 3.8) is 0 Å². The molecule has 0 aromatic heterocycles. The highest BCUT2D eigenvalue weighted by Crippen LogP contribution is 2.31. The van der Waals surface area contributed by atoms with Crippen molar-refractivity contribution in [3.8, 4) is 0 Å². The number of carbonyl (C=O) groups is 1. The molecule has 0 spiro atoms. The molecule has 0 atom stereocenters. The van der Waals surface area contributed by atoms with Crippen LogP contribution >= 0.6 is 15.9 Å². The maximum atomic E-state index is 13.4. The molecule has 0 bridgehead atoms. The van der Waals surface area contributed by atoms with Crippen molar-refractivity contribution in [1.82, 2.24) is 5.32 Å². The van der Waals surface area contributed by atoms with E-state index in [-0.39, 0.29) is 11.5 Å². The third kappa shape index (κ3) is 3.04. The zero-order valence-corrected chi connectivity index (χ0v) is 10.4. The van der Waals surface area contributed by atoms with Crippen LogP contribution in [0.4, 0.5) is 4.39 Å². The minimum atomic E-state index is -0.488. The van der Waals surface area contributed by atoms with Crippen molar-refractivity contribution >= 4 is 21.8 Å². The third-order valence-corrected chi connectivity index (χ3v) is 3.20. The second-order valence-corrected chi connectivity index (χ2v) is 5.03. The molecule has 0 saturated heterocycles. The highest BCUT2D eigenvalue weighted by Gasteiger charge is 2.21. The molecule has 0 heterocycles. The molecular formula is C12H13BrFNO. The Kier molecular flexibility index (Phi) is 3.59. The average Bonchev–Trinajstić information content (AvgIpc) is 3.01. The van der Waals surface area contributed by atoms with Gasteiger partial charge in [0.1, 0.15) is 5.82 Å². The molecule has 4 heteroatoms. The first kappa shape index (κ1) is 11.6. The van der Waals surface area contributed by atoms with Crippen LogP contribution in [0, 0.1) is 11.7 Å². The van der Waals surface area contributed by atoms with Gasteiger partial charge >= 0.3 is 0 Å². The molecule has 0 aliphatic heterocycles. The minimum absolute atomic E-state index is 0.110. The van der Waals surface area contributed by atoms with Crippen molar-refractivity contribution in [2.45, 2.75) is 19.3 Å². The molecular weight excluding hydrogens is 273 g/mol. The van der Waals surface area contributed by atoms with Gasteiger partial charge < -0.3 is 5.32 Å². The van der Waals surface area contributed by atoms with Crippen LogP contribution in [0.5, 0.6) is 0 Å². The Morgan fingerprint density at radius 2 is 2.25 bits per heavy atom. The van der Waals surface area contributed by atoms with Crippen molar-refractivity contribution in [2.75, 3.05) is 6.54 Å². The molecule has 2 rings (SSSR count). The summed E-state index contributed by atoms with van der Waals surface area (Å²) < 4.78 is 14.0. The van der Waals surface area contributed by atoms with Crippen LogP contribution in [0.3, 0.4) is 0 Å². The fourth-order valence-corrected chi connectivity index (χ4v) is 1.90. The van der Waals surface area contributed by atoms with Gasteiger partial charge in [-0.05, 0) is 30.5 Å². The van der Waals surface area contributed by atoms with Gasteiger partial charge in [0.05, 0.1) is 5.56 Å². The van der Waals surface area contributed by atoms with Crippen molar-refractivity contribution in [1.29, 1.82) is 0 Å². The van der Waals surface area contributed by atoms with E-state index in [1.165, 1.54) is 25.0 Å². The summed E-state index contributed by atoms with van der Waals surface area (Å²) in [5.74, 6) is -0.0426. The third-order valence-electron chi connectivity index (χ3n) is 2.71. The Morgan fingerprint density at radius 1 is 1.50 bits per heavy atom. The van der Waals surface area contributed by atoms with Gasteiger partial charge in [-0.3, -0.25) is 4.79 Å². The first-order chi connectivity index (χ1) is 7.66. The van der Waals surface area contributed by atoms with Gasteiger partial charge in [-0.2, -0.15) is 0 Å². The average molecular weight is 286 g/mol. The summed E-state index contributed by atoms with van der Waals surface area (Å²) in [5.41, 5.74) is 0.110. The maximum absolute atomic E-state index is 13.4. The smallest absolute Gasteiger partial charge is 0.254 e. The van der Waals surface area contributed by atoms with E-state index in [9.17, 15) is 9.18 Å². The first-order valence-electron chi connectivity index (χ1n) is 5.40. The summed E-state index contributed by atoms with van der Waals surface area (Å²) in [6.07, 6.45) is 3.54. The topological polar surface area (TPSA) is 29.1 Å². The summed E-state index contributed by atoms with van der Waals surface area (Å²) >= 11 is 3.15. The number of halogens is 2. The van der Waals surface area contributed by atoms with Crippen LogP contribution < -0.4 is 5.32 Å². The molecule has 1 aliphatic carbocycles. The number of benzene rings is 1. The lowest BCUT2D eigenvalue weighted by atomic mass is 10.2. The van der Waals surface area contributed by atoms with E-state index in [4.69, 9.17) is 0 Å². The molecule has 1 saturated carbocycles. The van der Waals surface area contributed by atoms with E-state index < -0.39 is 5.82 Å². The highest BCUT2D eigenvalue weighted by atomic mass is 79.9. The van der Waals surface area contributed by atoms with Crippen LogP contribution in [0.2, 0.25) is 0 Å². The maximum Gasteiger partial charge on any atom is 0.254 e. The predicted molar refractivity (Wildman–Crippen MR) is 63.8 cm³/mol. The van der Waals surface area contributed by atoms with E-state index in [1.54, 1.807) is 6.07 Å². The number of rotatable bonds is 4. The van der Waals surface area contributed by atoms with E-state index in [1.807, 2.05) is 0 Å². The monoisotopic (exact) mass is 285 g/mol.